The highest BCUT2D eigenvalue weighted by atomic mass is 32.2. The van der Waals surface area contributed by atoms with Crippen LogP contribution >= 0.6 is 23.1 Å². The van der Waals surface area contributed by atoms with Gasteiger partial charge in [-0.2, -0.15) is 11.8 Å². The van der Waals surface area contributed by atoms with Crippen molar-refractivity contribution in [3.63, 3.8) is 0 Å². The van der Waals surface area contributed by atoms with E-state index in [9.17, 15) is 9.59 Å². The van der Waals surface area contributed by atoms with Gasteiger partial charge in [0, 0.05) is 17.1 Å². The summed E-state index contributed by atoms with van der Waals surface area (Å²) in [6.07, 6.45) is 4.38. The first-order chi connectivity index (χ1) is 16.5. The number of nitrogens with one attached hydrogen (secondary N) is 3. The highest BCUT2D eigenvalue weighted by molar-refractivity contribution is 7.98. The number of thiophene rings is 1. The zero-order valence-electron chi connectivity index (χ0n) is 19.4. The van der Waals surface area contributed by atoms with Crippen LogP contribution in [-0.4, -0.2) is 31.6 Å². The molecular weight excluding hydrogens is 466 g/mol. The van der Waals surface area contributed by atoms with Gasteiger partial charge in [0.1, 0.15) is 16.5 Å². The van der Waals surface area contributed by atoms with Gasteiger partial charge in [-0.1, -0.05) is 26.0 Å². The van der Waals surface area contributed by atoms with Gasteiger partial charge in [0.2, 0.25) is 5.91 Å². The lowest BCUT2D eigenvalue weighted by Crippen LogP contribution is -2.30. The second-order valence-electron chi connectivity index (χ2n) is 9.24. The number of para-hydroxylation sites is 2. The van der Waals surface area contributed by atoms with E-state index in [4.69, 9.17) is 4.98 Å². The largest absolute Gasteiger partial charge is 0.346 e. The minimum absolute atomic E-state index is 0.00481. The van der Waals surface area contributed by atoms with E-state index in [1.165, 1.54) is 10.4 Å². The van der Waals surface area contributed by atoms with Crippen LogP contribution < -0.4 is 10.9 Å². The van der Waals surface area contributed by atoms with Crippen LogP contribution in [0.2, 0.25) is 0 Å². The number of hydrogen-bond acceptors (Lipinski definition) is 6. The Bertz CT molecular complexity index is 1350. The maximum absolute atomic E-state index is 12.7. The summed E-state index contributed by atoms with van der Waals surface area (Å²) in [7, 11) is 0. The Labute approximate surface area is 206 Å². The van der Waals surface area contributed by atoms with Crippen LogP contribution in [0.3, 0.4) is 0 Å². The van der Waals surface area contributed by atoms with E-state index in [-0.39, 0.29) is 17.5 Å². The Hall–Kier alpha value is -2.65. The van der Waals surface area contributed by atoms with Crippen molar-refractivity contribution in [1.29, 1.82) is 0 Å². The first kappa shape index (κ1) is 23.1. The Balaban J connectivity index is 1.17. The number of amides is 1. The first-order valence-electron chi connectivity index (χ1n) is 11.8. The van der Waals surface area contributed by atoms with Crippen molar-refractivity contribution < 1.29 is 4.79 Å². The van der Waals surface area contributed by atoms with E-state index in [2.05, 4.69) is 34.1 Å². The molecule has 0 aliphatic heterocycles. The average Bonchev–Trinajstić information content (AvgIpc) is 3.49. The second-order valence-corrected chi connectivity index (χ2v) is 11.4. The standard InChI is InChI=1S/C25H29N5O2S2/c1-14(2)12-18(23-27-16-7-3-4-8-17(16)28-23)26-21(31)10-11-33-13-20-29-24(32)22-15-6-5-9-19(15)34-25(22)30-20/h3-4,7-8,14,18H,5-6,9-13H2,1-2H3,(H,26,31)(H,27,28)(H,29,30,32). The van der Waals surface area contributed by atoms with Crippen molar-refractivity contribution in [2.45, 2.75) is 57.7 Å². The van der Waals surface area contributed by atoms with Crippen LogP contribution in [0.5, 0.6) is 0 Å². The maximum Gasteiger partial charge on any atom is 0.259 e. The monoisotopic (exact) mass is 495 g/mol. The molecule has 1 aromatic carbocycles. The normalized spacial score (nSPS) is 14.2. The van der Waals surface area contributed by atoms with Crippen molar-refractivity contribution >= 4 is 50.3 Å². The molecule has 0 spiro atoms. The van der Waals surface area contributed by atoms with Crippen molar-refractivity contribution in [3.8, 4) is 0 Å². The minimum Gasteiger partial charge on any atom is -0.346 e. The van der Waals surface area contributed by atoms with E-state index in [0.717, 1.165) is 52.8 Å². The zero-order valence-corrected chi connectivity index (χ0v) is 21.1. The molecule has 4 aromatic rings. The number of aromatic amines is 2. The Kier molecular flexibility index (Phi) is 6.74. The summed E-state index contributed by atoms with van der Waals surface area (Å²) in [4.78, 5) is 43.2. The van der Waals surface area contributed by atoms with Gasteiger partial charge in [0.25, 0.3) is 5.56 Å². The third-order valence-corrected chi connectivity index (χ3v) is 8.27. The minimum atomic E-state index is -0.147. The molecule has 1 aliphatic rings. The molecule has 0 bridgehead atoms. The summed E-state index contributed by atoms with van der Waals surface area (Å²) in [5.74, 6) is 3.15. The molecule has 7 nitrogen and oxygen atoms in total. The van der Waals surface area contributed by atoms with Crippen molar-refractivity contribution in [3.05, 3.63) is 56.7 Å². The van der Waals surface area contributed by atoms with Gasteiger partial charge in [-0.05, 0) is 49.3 Å². The predicted octanol–water partition coefficient (Wildman–Crippen LogP) is 4.88. The lowest BCUT2D eigenvalue weighted by Gasteiger charge is -2.18. The number of carbonyl (C=O) groups is 1. The summed E-state index contributed by atoms with van der Waals surface area (Å²) in [5.41, 5.74) is 3.06. The van der Waals surface area contributed by atoms with Crippen LogP contribution in [0, 0.1) is 5.92 Å². The number of hydrogen-bond donors (Lipinski definition) is 3. The number of carbonyl (C=O) groups excluding carboxylic acids is 1. The van der Waals surface area contributed by atoms with Gasteiger partial charge in [-0.15, -0.1) is 11.3 Å². The number of rotatable bonds is 9. The molecule has 9 heteroatoms. The lowest BCUT2D eigenvalue weighted by molar-refractivity contribution is -0.121. The van der Waals surface area contributed by atoms with E-state index < -0.39 is 0 Å². The van der Waals surface area contributed by atoms with Gasteiger partial charge in [0.15, 0.2) is 0 Å². The Morgan fingerprint density at radius 1 is 1.21 bits per heavy atom. The number of fused-ring (bicyclic) bond motifs is 4. The van der Waals surface area contributed by atoms with Crippen LogP contribution in [0.25, 0.3) is 21.3 Å². The van der Waals surface area contributed by atoms with E-state index in [0.29, 0.717) is 29.7 Å². The summed E-state index contributed by atoms with van der Waals surface area (Å²) in [5, 5.41) is 3.95. The maximum atomic E-state index is 12.7. The fraction of sp³-hybridized carbons (Fsp3) is 0.440. The van der Waals surface area contributed by atoms with Gasteiger partial charge in [0.05, 0.1) is 28.2 Å². The molecule has 0 saturated carbocycles. The van der Waals surface area contributed by atoms with Crippen LogP contribution in [0.4, 0.5) is 0 Å². The summed E-state index contributed by atoms with van der Waals surface area (Å²) in [6.45, 7) is 4.29. The zero-order chi connectivity index (χ0) is 23.7. The predicted molar refractivity (Wildman–Crippen MR) is 139 cm³/mol. The molecule has 3 heterocycles. The van der Waals surface area contributed by atoms with Crippen LogP contribution in [0.15, 0.2) is 29.1 Å². The molecular formula is C25H29N5O2S2. The van der Waals surface area contributed by atoms with E-state index in [1.54, 1.807) is 23.1 Å². The van der Waals surface area contributed by atoms with Gasteiger partial charge in [-0.25, -0.2) is 9.97 Å². The molecule has 178 valence electrons. The smallest absolute Gasteiger partial charge is 0.259 e. The number of benzene rings is 1. The molecule has 1 amide bonds. The molecule has 3 N–H and O–H groups in total. The van der Waals surface area contributed by atoms with Crippen molar-refractivity contribution in [1.82, 2.24) is 25.3 Å². The van der Waals surface area contributed by atoms with Crippen molar-refractivity contribution in [2.24, 2.45) is 5.92 Å². The molecule has 34 heavy (non-hydrogen) atoms. The van der Waals surface area contributed by atoms with Crippen LogP contribution in [-0.2, 0) is 23.4 Å². The molecule has 1 unspecified atom stereocenters. The van der Waals surface area contributed by atoms with E-state index >= 15 is 0 Å². The number of imidazole rings is 1. The molecule has 5 rings (SSSR count). The lowest BCUT2D eigenvalue weighted by atomic mass is 10.0. The van der Waals surface area contributed by atoms with Gasteiger partial charge in [-0.3, -0.25) is 9.59 Å². The second kappa shape index (κ2) is 9.92. The van der Waals surface area contributed by atoms with Gasteiger partial charge < -0.3 is 15.3 Å². The average molecular weight is 496 g/mol. The third kappa shape index (κ3) is 4.90. The molecule has 0 radical (unpaired) electrons. The first-order valence-corrected chi connectivity index (χ1v) is 13.8. The summed E-state index contributed by atoms with van der Waals surface area (Å²) in [6, 6.07) is 7.76. The summed E-state index contributed by atoms with van der Waals surface area (Å²) >= 11 is 3.27. The number of aryl methyl sites for hydroxylation is 2. The molecule has 1 aliphatic carbocycles. The summed E-state index contributed by atoms with van der Waals surface area (Å²) < 4.78 is 0. The molecule has 3 aromatic heterocycles. The number of nitrogens with zero attached hydrogens (tertiary/aromatic N) is 2. The topological polar surface area (TPSA) is 104 Å². The fourth-order valence-electron chi connectivity index (χ4n) is 4.56. The Morgan fingerprint density at radius 2 is 2.06 bits per heavy atom. The number of H-pyrrole nitrogens is 2. The third-order valence-electron chi connectivity index (χ3n) is 6.12. The SMILES string of the molecule is CC(C)CC(NC(=O)CCSCc1nc2sc3c(c2c(=O)[nH]1)CCC3)c1nc2ccccc2[nH]1. The van der Waals surface area contributed by atoms with Gasteiger partial charge >= 0.3 is 0 Å². The number of thioether (sulfide) groups is 1. The highest BCUT2D eigenvalue weighted by Gasteiger charge is 2.22. The van der Waals surface area contributed by atoms with E-state index in [1.807, 2.05) is 24.3 Å². The molecule has 1 atom stereocenters. The highest BCUT2D eigenvalue weighted by Crippen LogP contribution is 2.34. The quantitative estimate of drug-likeness (QED) is 0.287. The van der Waals surface area contributed by atoms with Crippen molar-refractivity contribution in [2.75, 3.05) is 5.75 Å². The fourth-order valence-corrected chi connectivity index (χ4v) is 6.65. The number of aromatic nitrogens is 4. The van der Waals surface area contributed by atoms with Crippen LogP contribution in [0.1, 0.15) is 61.2 Å². The Morgan fingerprint density at radius 3 is 2.88 bits per heavy atom. The molecule has 0 saturated heterocycles. The molecule has 0 fully saturated rings.